The number of anilines is 2. The second-order valence-corrected chi connectivity index (χ2v) is 5.13. The van der Waals surface area contributed by atoms with Crippen LogP contribution in [-0.4, -0.2) is 21.1 Å². The van der Waals surface area contributed by atoms with Gasteiger partial charge in [0.15, 0.2) is 0 Å². The van der Waals surface area contributed by atoms with Crippen LogP contribution in [0.25, 0.3) is 0 Å². The van der Waals surface area contributed by atoms with Crippen molar-refractivity contribution in [2.45, 2.75) is 33.1 Å². The predicted molar refractivity (Wildman–Crippen MR) is 81.8 cm³/mol. The summed E-state index contributed by atoms with van der Waals surface area (Å²) in [4.78, 5) is 16.2. The molecule has 1 atom stereocenters. The third kappa shape index (κ3) is 3.98. The first-order valence-electron chi connectivity index (χ1n) is 6.79. The third-order valence-electron chi connectivity index (χ3n) is 3.34. The number of aryl methyl sites for hydroxylation is 2. The van der Waals surface area contributed by atoms with Crippen molar-refractivity contribution in [3.05, 3.63) is 41.2 Å². The van der Waals surface area contributed by atoms with Gasteiger partial charge in [-0.1, -0.05) is 19.1 Å². The highest BCUT2D eigenvalue weighted by molar-refractivity contribution is 5.89. The summed E-state index contributed by atoms with van der Waals surface area (Å²) in [5.41, 5.74) is 8.94. The topological polar surface area (TPSA) is 93.8 Å². The molecule has 21 heavy (non-hydrogen) atoms. The summed E-state index contributed by atoms with van der Waals surface area (Å²) < 4.78 is 0. The van der Waals surface area contributed by atoms with Crippen LogP contribution in [0.5, 0.6) is 0 Å². The Hall–Kier alpha value is -2.50. The summed E-state index contributed by atoms with van der Waals surface area (Å²) in [5.74, 6) is 0.196. The molecule has 1 aromatic heterocycles. The number of nitrogens with one attached hydrogen (secondary N) is 1. The average molecular weight is 285 g/mol. The molecule has 0 fully saturated rings. The average Bonchev–Trinajstić information content (AvgIpc) is 2.43. The summed E-state index contributed by atoms with van der Waals surface area (Å²) in [6.45, 7) is 5.64. The highest BCUT2D eigenvalue weighted by atomic mass is 16.1. The molecule has 1 unspecified atom stereocenters. The van der Waals surface area contributed by atoms with Gasteiger partial charge in [-0.05, 0) is 37.5 Å². The number of amides is 1. The number of nitrogens with two attached hydrogens (primary N) is 1. The van der Waals surface area contributed by atoms with Gasteiger partial charge < -0.3 is 5.73 Å². The lowest BCUT2D eigenvalue weighted by Crippen LogP contribution is -2.17. The largest absolute Gasteiger partial charge is 0.399 e. The van der Waals surface area contributed by atoms with E-state index in [-0.39, 0.29) is 17.8 Å². The van der Waals surface area contributed by atoms with E-state index in [1.54, 1.807) is 0 Å². The van der Waals surface area contributed by atoms with E-state index >= 15 is 0 Å². The van der Waals surface area contributed by atoms with Crippen molar-refractivity contribution < 1.29 is 4.79 Å². The van der Waals surface area contributed by atoms with Crippen molar-refractivity contribution in [3.8, 4) is 0 Å². The molecule has 1 heterocycles. The number of hydrogen-bond donors (Lipinski definition) is 2. The molecule has 6 heteroatoms. The minimum absolute atomic E-state index is 0.0881. The van der Waals surface area contributed by atoms with Gasteiger partial charge in [0.05, 0.1) is 11.4 Å². The number of hydrogen-bond acceptors (Lipinski definition) is 5. The van der Waals surface area contributed by atoms with E-state index in [1.165, 1.54) is 0 Å². The Morgan fingerprint density at radius 1 is 1.19 bits per heavy atom. The molecule has 0 saturated heterocycles. The molecule has 0 aliphatic heterocycles. The van der Waals surface area contributed by atoms with Crippen LogP contribution in [0.1, 0.15) is 36.2 Å². The smallest absolute Gasteiger partial charge is 0.249 e. The van der Waals surface area contributed by atoms with Crippen LogP contribution in [0.15, 0.2) is 24.3 Å². The maximum atomic E-state index is 12.0. The van der Waals surface area contributed by atoms with Gasteiger partial charge in [-0.25, -0.2) is 4.98 Å². The molecule has 0 aliphatic carbocycles. The molecule has 0 aliphatic rings. The van der Waals surface area contributed by atoms with Gasteiger partial charge in [0.2, 0.25) is 11.9 Å². The van der Waals surface area contributed by atoms with Gasteiger partial charge in [0.1, 0.15) is 0 Å². The van der Waals surface area contributed by atoms with Crippen molar-refractivity contribution in [3.63, 3.8) is 0 Å². The second-order valence-electron chi connectivity index (χ2n) is 5.13. The molecule has 0 bridgehead atoms. The van der Waals surface area contributed by atoms with Gasteiger partial charge in [-0.2, -0.15) is 5.10 Å². The van der Waals surface area contributed by atoms with E-state index in [0.29, 0.717) is 12.1 Å². The zero-order valence-electron chi connectivity index (χ0n) is 12.4. The van der Waals surface area contributed by atoms with Crippen LogP contribution in [0.3, 0.4) is 0 Å². The lowest BCUT2D eigenvalue weighted by molar-refractivity contribution is -0.116. The Morgan fingerprint density at radius 3 is 2.48 bits per heavy atom. The summed E-state index contributed by atoms with van der Waals surface area (Å²) in [5, 5.41) is 10.5. The Labute approximate surface area is 123 Å². The molecule has 110 valence electrons. The first-order valence-corrected chi connectivity index (χ1v) is 6.79. The van der Waals surface area contributed by atoms with Crippen molar-refractivity contribution >= 4 is 17.5 Å². The van der Waals surface area contributed by atoms with Crippen LogP contribution in [0, 0.1) is 13.8 Å². The molecule has 0 saturated carbocycles. The molecule has 1 amide bonds. The van der Waals surface area contributed by atoms with Crippen molar-refractivity contribution in [2.75, 3.05) is 11.1 Å². The number of rotatable bonds is 4. The van der Waals surface area contributed by atoms with Crippen LogP contribution in [0.2, 0.25) is 0 Å². The fraction of sp³-hybridized carbons (Fsp3) is 0.333. The van der Waals surface area contributed by atoms with Gasteiger partial charge >= 0.3 is 0 Å². The van der Waals surface area contributed by atoms with E-state index in [1.807, 2.05) is 45.0 Å². The fourth-order valence-electron chi connectivity index (χ4n) is 1.91. The summed E-state index contributed by atoms with van der Waals surface area (Å²) in [6.07, 6.45) is 0.347. The maximum absolute atomic E-state index is 12.0. The Bertz CT molecular complexity index is 639. The first kappa shape index (κ1) is 14.9. The summed E-state index contributed by atoms with van der Waals surface area (Å²) in [7, 11) is 0. The molecule has 2 aromatic rings. The van der Waals surface area contributed by atoms with E-state index in [0.717, 1.165) is 17.0 Å². The maximum Gasteiger partial charge on any atom is 0.249 e. The SMILES string of the molecule is Cc1nnc(NC(=O)CC(C)c2ccc(N)cc2)nc1C. The number of nitrogen functional groups attached to an aromatic ring is 1. The van der Waals surface area contributed by atoms with E-state index in [4.69, 9.17) is 5.73 Å². The highest BCUT2D eigenvalue weighted by Gasteiger charge is 2.13. The lowest BCUT2D eigenvalue weighted by Gasteiger charge is -2.12. The molecule has 1 aromatic carbocycles. The minimum atomic E-state index is -0.135. The van der Waals surface area contributed by atoms with Crippen molar-refractivity contribution in [1.82, 2.24) is 15.2 Å². The quantitative estimate of drug-likeness (QED) is 0.840. The van der Waals surface area contributed by atoms with Crippen molar-refractivity contribution in [1.29, 1.82) is 0 Å². The van der Waals surface area contributed by atoms with Crippen LogP contribution >= 0.6 is 0 Å². The lowest BCUT2D eigenvalue weighted by atomic mass is 9.97. The van der Waals surface area contributed by atoms with E-state index < -0.39 is 0 Å². The molecule has 3 N–H and O–H groups in total. The van der Waals surface area contributed by atoms with Gasteiger partial charge in [-0.15, -0.1) is 5.10 Å². The first-order chi connectivity index (χ1) is 9.95. The number of carbonyl (C=O) groups excluding carboxylic acids is 1. The minimum Gasteiger partial charge on any atom is -0.399 e. The Kier molecular flexibility index (Phi) is 4.47. The highest BCUT2D eigenvalue weighted by Crippen LogP contribution is 2.20. The summed E-state index contributed by atoms with van der Waals surface area (Å²) in [6, 6.07) is 7.53. The number of nitrogens with zero attached hydrogens (tertiary/aromatic N) is 3. The van der Waals surface area contributed by atoms with Gasteiger partial charge in [-0.3, -0.25) is 10.1 Å². The zero-order chi connectivity index (χ0) is 15.4. The van der Waals surface area contributed by atoms with Crippen LogP contribution in [0.4, 0.5) is 11.6 Å². The van der Waals surface area contributed by atoms with Crippen LogP contribution in [-0.2, 0) is 4.79 Å². The second kappa shape index (κ2) is 6.30. The third-order valence-corrected chi connectivity index (χ3v) is 3.34. The number of aromatic nitrogens is 3. The predicted octanol–water partition coefficient (Wildman–Crippen LogP) is 2.20. The zero-order valence-corrected chi connectivity index (χ0v) is 12.4. The molecule has 6 nitrogen and oxygen atoms in total. The monoisotopic (exact) mass is 285 g/mol. The summed E-state index contributed by atoms with van der Waals surface area (Å²) >= 11 is 0. The van der Waals surface area contributed by atoms with Crippen molar-refractivity contribution in [2.24, 2.45) is 0 Å². The Balaban J connectivity index is 1.97. The molecule has 0 spiro atoms. The number of carbonyl (C=O) groups is 1. The molecule has 0 radical (unpaired) electrons. The van der Waals surface area contributed by atoms with E-state index in [9.17, 15) is 4.79 Å². The Morgan fingerprint density at radius 2 is 1.86 bits per heavy atom. The van der Waals surface area contributed by atoms with Gasteiger partial charge in [0.25, 0.3) is 0 Å². The molecule has 2 rings (SSSR count). The molecular weight excluding hydrogens is 266 g/mol. The van der Waals surface area contributed by atoms with Crippen LogP contribution < -0.4 is 11.1 Å². The normalized spacial score (nSPS) is 12.0. The van der Waals surface area contributed by atoms with Gasteiger partial charge in [0, 0.05) is 12.1 Å². The standard InChI is InChI=1S/C15H19N5O/c1-9(12-4-6-13(16)7-5-12)8-14(21)18-15-17-10(2)11(3)19-20-15/h4-7,9H,8,16H2,1-3H3,(H,17,18,20,21). The fourth-order valence-corrected chi connectivity index (χ4v) is 1.91. The number of benzene rings is 1. The van der Waals surface area contributed by atoms with E-state index in [2.05, 4.69) is 20.5 Å². The molecular formula is C15H19N5O.